The molecule has 1 aromatic carbocycles. The van der Waals surface area contributed by atoms with Crippen LogP contribution in [0.25, 0.3) is 0 Å². The van der Waals surface area contributed by atoms with Gasteiger partial charge < -0.3 is 4.90 Å². The summed E-state index contributed by atoms with van der Waals surface area (Å²) in [5.74, 6) is 0. The van der Waals surface area contributed by atoms with E-state index in [-0.39, 0.29) is 6.03 Å². The van der Waals surface area contributed by atoms with Crippen molar-refractivity contribution >= 4 is 18.1 Å². The Labute approximate surface area is 89.1 Å². The van der Waals surface area contributed by atoms with Crippen LogP contribution >= 0.6 is 0 Å². The number of benzene rings is 1. The van der Waals surface area contributed by atoms with Gasteiger partial charge in [0.25, 0.3) is 0 Å². The molecule has 15 heavy (non-hydrogen) atoms. The third kappa shape index (κ3) is 2.56. The summed E-state index contributed by atoms with van der Waals surface area (Å²) in [6, 6.07) is 8.34. The number of hydrogen-bond acceptors (Lipinski definition) is 2. The van der Waals surface area contributed by atoms with E-state index in [4.69, 9.17) is 0 Å². The summed E-state index contributed by atoms with van der Waals surface area (Å²) in [4.78, 5) is 24.8. The molecule has 0 atom stereocenters. The van der Waals surface area contributed by atoms with Gasteiger partial charge in [0, 0.05) is 13.6 Å². The fourth-order valence-corrected chi connectivity index (χ4v) is 1.09. The van der Waals surface area contributed by atoms with Crippen LogP contribution < -0.4 is 4.90 Å². The molecular formula is C11H13N2O2. The van der Waals surface area contributed by atoms with Crippen molar-refractivity contribution in [1.29, 1.82) is 0 Å². The number of carbonyl (C=O) groups is 1. The van der Waals surface area contributed by atoms with Crippen LogP contribution in [0.3, 0.4) is 0 Å². The molecule has 0 fully saturated rings. The van der Waals surface area contributed by atoms with Gasteiger partial charge in [-0.2, -0.15) is 0 Å². The Bertz CT molecular complexity index is 338. The molecular weight excluding hydrogens is 192 g/mol. The van der Waals surface area contributed by atoms with E-state index in [1.165, 1.54) is 4.90 Å². The lowest BCUT2D eigenvalue weighted by Gasteiger charge is -2.21. The van der Waals surface area contributed by atoms with E-state index in [0.717, 1.165) is 4.90 Å². The summed E-state index contributed by atoms with van der Waals surface area (Å²) in [6.45, 7) is 2.38. The SMILES string of the molecule is CCN(C)C(=O)N([C]=O)c1ccccc1. The van der Waals surface area contributed by atoms with Crippen molar-refractivity contribution in [3.63, 3.8) is 0 Å². The minimum Gasteiger partial charge on any atom is -0.327 e. The van der Waals surface area contributed by atoms with Crippen molar-refractivity contribution in [2.75, 3.05) is 18.5 Å². The first-order valence-corrected chi connectivity index (χ1v) is 4.68. The highest BCUT2D eigenvalue weighted by Gasteiger charge is 2.18. The van der Waals surface area contributed by atoms with Crippen molar-refractivity contribution < 1.29 is 9.59 Å². The Kier molecular flexibility index (Phi) is 3.85. The maximum absolute atomic E-state index is 11.7. The number of urea groups is 1. The van der Waals surface area contributed by atoms with Gasteiger partial charge in [0.15, 0.2) is 0 Å². The number of para-hydroxylation sites is 1. The molecule has 0 N–H and O–H groups in total. The highest BCUT2D eigenvalue weighted by atomic mass is 16.2. The predicted octanol–water partition coefficient (Wildman–Crippen LogP) is 1.63. The van der Waals surface area contributed by atoms with Gasteiger partial charge in [-0.05, 0) is 19.1 Å². The third-order valence-corrected chi connectivity index (χ3v) is 2.10. The third-order valence-electron chi connectivity index (χ3n) is 2.10. The first-order chi connectivity index (χ1) is 7.20. The molecule has 4 heteroatoms. The monoisotopic (exact) mass is 205 g/mol. The lowest BCUT2D eigenvalue weighted by molar-refractivity contribution is 0.220. The predicted molar refractivity (Wildman–Crippen MR) is 58.3 cm³/mol. The Hall–Kier alpha value is -1.84. The minimum absolute atomic E-state index is 0.376. The van der Waals surface area contributed by atoms with Gasteiger partial charge >= 0.3 is 12.4 Å². The van der Waals surface area contributed by atoms with E-state index in [1.54, 1.807) is 37.7 Å². The molecule has 1 rings (SSSR count). The van der Waals surface area contributed by atoms with E-state index >= 15 is 0 Å². The fourth-order valence-electron chi connectivity index (χ4n) is 1.09. The van der Waals surface area contributed by atoms with E-state index in [1.807, 2.05) is 13.0 Å². The van der Waals surface area contributed by atoms with Crippen LogP contribution in [0.5, 0.6) is 0 Å². The van der Waals surface area contributed by atoms with Crippen LogP contribution in [0.4, 0.5) is 10.5 Å². The normalized spacial score (nSPS) is 9.47. The molecule has 0 aromatic heterocycles. The first-order valence-electron chi connectivity index (χ1n) is 4.68. The highest BCUT2D eigenvalue weighted by molar-refractivity contribution is 6.05. The summed E-state index contributed by atoms with van der Waals surface area (Å²) < 4.78 is 0. The molecule has 0 heterocycles. The average molecular weight is 205 g/mol. The number of amides is 3. The zero-order valence-corrected chi connectivity index (χ0v) is 8.80. The molecule has 0 saturated heterocycles. The molecule has 4 nitrogen and oxygen atoms in total. The van der Waals surface area contributed by atoms with Gasteiger partial charge in [-0.1, -0.05) is 18.2 Å². The topological polar surface area (TPSA) is 40.6 Å². The second kappa shape index (κ2) is 5.14. The van der Waals surface area contributed by atoms with Gasteiger partial charge in [0.1, 0.15) is 0 Å². The Morgan fingerprint density at radius 2 is 1.93 bits per heavy atom. The van der Waals surface area contributed by atoms with Gasteiger partial charge in [0.2, 0.25) is 0 Å². The number of hydrogen-bond donors (Lipinski definition) is 0. The molecule has 79 valence electrons. The van der Waals surface area contributed by atoms with Crippen LogP contribution in [0.2, 0.25) is 0 Å². The molecule has 1 aromatic rings. The standard InChI is InChI=1S/C11H13N2O2/c1-3-12(2)11(15)13(9-14)10-7-5-4-6-8-10/h4-8H,3H2,1-2H3. The number of imide groups is 1. The van der Waals surface area contributed by atoms with Gasteiger partial charge in [-0.25, -0.2) is 9.69 Å². The van der Waals surface area contributed by atoms with Gasteiger partial charge in [0.05, 0.1) is 5.69 Å². The molecule has 0 aliphatic rings. The molecule has 0 aliphatic carbocycles. The summed E-state index contributed by atoms with van der Waals surface area (Å²) in [6.07, 6.45) is 1.63. The summed E-state index contributed by atoms with van der Waals surface area (Å²) in [7, 11) is 1.63. The van der Waals surface area contributed by atoms with Crippen molar-refractivity contribution in [3.8, 4) is 0 Å². The number of rotatable bonds is 3. The quantitative estimate of drug-likeness (QED) is 0.704. The van der Waals surface area contributed by atoms with Gasteiger partial charge in [-0.15, -0.1) is 0 Å². The Balaban J connectivity index is 2.90. The summed E-state index contributed by atoms with van der Waals surface area (Å²) in [5.41, 5.74) is 0.526. The van der Waals surface area contributed by atoms with Crippen LogP contribution in [-0.2, 0) is 4.79 Å². The lowest BCUT2D eigenvalue weighted by atomic mass is 10.3. The van der Waals surface area contributed by atoms with Crippen LogP contribution in [0.15, 0.2) is 30.3 Å². The van der Waals surface area contributed by atoms with Crippen LogP contribution in [-0.4, -0.2) is 30.9 Å². The van der Waals surface area contributed by atoms with Crippen LogP contribution in [0.1, 0.15) is 6.92 Å². The zero-order valence-electron chi connectivity index (χ0n) is 8.80. The fraction of sp³-hybridized carbons (Fsp3) is 0.273. The number of anilines is 1. The van der Waals surface area contributed by atoms with Crippen LogP contribution in [0, 0.1) is 0 Å². The molecule has 0 aliphatic heterocycles. The minimum atomic E-state index is -0.376. The molecule has 0 bridgehead atoms. The second-order valence-electron chi connectivity index (χ2n) is 3.06. The zero-order chi connectivity index (χ0) is 11.3. The second-order valence-corrected chi connectivity index (χ2v) is 3.06. The van der Waals surface area contributed by atoms with E-state index < -0.39 is 0 Å². The maximum Gasteiger partial charge on any atom is 0.331 e. The van der Waals surface area contributed by atoms with E-state index in [2.05, 4.69) is 0 Å². The Morgan fingerprint density at radius 1 is 1.33 bits per heavy atom. The van der Waals surface area contributed by atoms with Crippen molar-refractivity contribution in [3.05, 3.63) is 30.3 Å². The number of carbonyl (C=O) groups excluding carboxylic acids is 2. The van der Waals surface area contributed by atoms with Crippen molar-refractivity contribution in [2.24, 2.45) is 0 Å². The average Bonchev–Trinajstić information content (AvgIpc) is 2.30. The maximum atomic E-state index is 11.7. The van der Waals surface area contributed by atoms with Crippen molar-refractivity contribution in [2.45, 2.75) is 6.92 Å². The first kappa shape index (κ1) is 11.2. The molecule has 3 amide bonds. The molecule has 0 unspecified atom stereocenters. The summed E-state index contributed by atoms with van der Waals surface area (Å²) in [5, 5.41) is 0. The smallest absolute Gasteiger partial charge is 0.327 e. The summed E-state index contributed by atoms with van der Waals surface area (Å²) >= 11 is 0. The number of nitrogens with zero attached hydrogens (tertiary/aromatic N) is 2. The largest absolute Gasteiger partial charge is 0.331 e. The Morgan fingerprint density at radius 3 is 2.40 bits per heavy atom. The molecule has 0 spiro atoms. The van der Waals surface area contributed by atoms with Gasteiger partial charge in [-0.3, -0.25) is 4.79 Å². The lowest BCUT2D eigenvalue weighted by Crippen LogP contribution is -2.40. The van der Waals surface area contributed by atoms with E-state index in [0.29, 0.717) is 12.2 Å². The van der Waals surface area contributed by atoms with Crippen molar-refractivity contribution in [1.82, 2.24) is 4.90 Å². The molecule has 1 radical (unpaired) electrons. The highest BCUT2D eigenvalue weighted by Crippen LogP contribution is 2.12. The molecule has 0 saturated carbocycles. The van der Waals surface area contributed by atoms with E-state index in [9.17, 15) is 9.59 Å².